The van der Waals surface area contributed by atoms with E-state index in [4.69, 9.17) is 17.0 Å². The van der Waals surface area contributed by atoms with Crippen molar-refractivity contribution in [2.75, 3.05) is 13.1 Å². The first-order valence-corrected chi connectivity index (χ1v) is 8.40. The fourth-order valence-electron chi connectivity index (χ4n) is 2.75. The van der Waals surface area contributed by atoms with Gasteiger partial charge in [0.1, 0.15) is 23.2 Å². The first-order valence-electron chi connectivity index (χ1n) is 7.99. The Bertz CT molecular complexity index is 665. The van der Waals surface area contributed by atoms with Crippen molar-refractivity contribution in [2.45, 2.75) is 25.9 Å². The molecule has 0 atom stereocenters. The Labute approximate surface area is 141 Å². The summed E-state index contributed by atoms with van der Waals surface area (Å²) in [7, 11) is 0. The van der Waals surface area contributed by atoms with Crippen molar-refractivity contribution >= 4 is 17.2 Å². The molecule has 0 unspecified atom stereocenters. The number of thiocarbonyl (C=S) groups is 1. The molecule has 0 radical (unpaired) electrons. The molecular formula is C19H20FNOS. The Kier molecular flexibility index (Phi) is 5.23. The van der Waals surface area contributed by atoms with Gasteiger partial charge in [-0.25, -0.2) is 4.39 Å². The maximum Gasteiger partial charge on any atom is 0.123 e. The zero-order chi connectivity index (χ0) is 16.1. The molecule has 2 nitrogen and oxygen atoms in total. The largest absolute Gasteiger partial charge is 0.489 e. The lowest BCUT2D eigenvalue weighted by molar-refractivity contribution is 0.306. The summed E-state index contributed by atoms with van der Waals surface area (Å²) < 4.78 is 18.7. The van der Waals surface area contributed by atoms with Crippen LogP contribution < -0.4 is 4.74 Å². The zero-order valence-electron chi connectivity index (χ0n) is 13.0. The summed E-state index contributed by atoms with van der Waals surface area (Å²) in [5, 5.41) is 0. The molecule has 0 aliphatic carbocycles. The van der Waals surface area contributed by atoms with Gasteiger partial charge >= 0.3 is 0 Å². The first-order chi connectivity index (χ1) is 11.2. The highest BCUT2D eigenvalue weighted by Gasteiger charge is 2.15. The second-order valence-corrected chi connectivity index (χ2v) is 6.18. The van der Waals surface area contributed by atoms with Gasteiger partial charge in [-0.1, -0.05) is 36.5 Å². The van der Waals surface area contributed by atoms with Crippen molar-refractivity contribution < 1.29 is 9.13 Å². The van der Waals surface area contributed by atoms with Crippen LogP contribution in [-0.4, -0.2) is 23.0 Å². The SMILES string of the molecule is Fc1ccc(COc2cccc(C(=S)N3CCCCC3)c2)cc1. The highest BCUT2D eigenvalue weighted by Crippen LogP contribution is 2.19. The molecule has 1 heterocycles. The molecule has 0 saturated carbocycles. The van der Waals surface area contributed by atoms with E-state index in [1.807, 2.05) is 24.3 Å². The van der Waals surface area contributed by atoms with Gasteiger partial charge in [-0.2, -0.15) is 0 Å². The lowest BCUT2D eigenvalue weighted by Gasteiger charge is -2.29. The van der Waals surface area contributed by atoms with Gasteiger partial charge in [0.15, 0.2) is 0 Å². The van der Waals surface area contributed by atoms with Gasteiger partial charge in [-0.3, -0.25) is 0 Å². The van der Waals surface area contributed by atoms with E-state index >= 15 is 0 Å². The van der Waals surface area contributed by atoms with Crippen LogP contribution in [0.1, 0.15) is 30.4 Å². The number of rotatable bonds is 4. The van der Waals surface area contributed by atoms with Gasteiger partial charge in [0.25, 0.3) is 0 Å². The molecule has 2 aromatic rings. The number of ether oxygens (including phenoxy) is 1. The van der Waals surface area contributed by atoms with Crippen LogP contribution >= 0.6 is 12.2 Å². The van der Waals surface area contributed by atoms with E-state index in [2.05, 4.69) is 4.90 Å². The molecule has 4 heteroatoms. The molecule has 1 saturated heterocycles. The van der Waals surface area contributed by atoms with E-state index in [9.17, 15) is 4.39 Å². The number of nitrogens with zero attached hydrogens (tertiary/aromatic N) is 1. The topological polar surface area (TPSA) is 12.5 Å². The van der Waals surface area contributed by atoms with Crippen LogP contribution in [0.25, 0.3) is 0 Å². The Morgan fingerprint density at radius 2 is 1.78 bits per heavy atom. The van der Waals surface area contributed by atoms with Crippen molar-refractivity contribution in [3.63, 3.8) is 0 Å². The minimum atomic E-state index is -0.234. The molecule has 3 rings (SSSR count). The molecule has 0 bridgehead atoms. The average Bonchev–Trinajstić information content (AvgIpc) is 2.61. The second-order valence-electron chi connectivity index (χ2n) is 5.80. The Hall–Kier alpha value is -1.94. The molecule has 1 fully saturated rings. The van der Waals surface area contributed by atoms with Gasteiger partial charge in [-0.05, 0) is 49.1 Å². The van der Waals surface area contributed by atoms with Crippen LogP contribution in [0, 0.1) is 5.82 Å². The molecule has 23 heavy (non-hydrogen) atoms. The summed E-state index contributed by atoms with van der Waals surface area (Å²) in [4.78, 5) is 3.18. The minimum absolute atomic E-state index is 0.234. The molecule has 120 valence electrons. The first kappa shape index (κ1) is 15.9. The molecule has 2 aromatic carbocycles. The highest BCUT2D eigenvalue weighted by molar-refractivity contribution is 7.80. The monoisotopic (exact) mass is 329 g/mol. The molecule has 0 spiro atoms. The third kappa shape index (κ3) is 4.29. The van der Waals surface area contributed by atoms with Crippen molar-refractivity contribution in [1.82, 2.24) is 4.90 Å². The Morgan fingerprint density at radius 3 is 2.52 bits per heavy atom. The number of halogens is 1. The number of benzene rings is 2. The summed E-state index contributed by atoms with van der Waals surface area (Å²) >= 11 is 5.62. The Morgan fingerprint density at radius 1 is 1.04 bits per heavy atom. The predicted octanol–water partition coefficient (Wildman–Crippen LogP) is 4.57. The lowest BCUT2D eigenvalue weighted by Crippen LogP contribution is -2.34. The molecule has 0 aromatic heterocycles. The third-order valence-electron chi connectivity index (χ3n) is 4.04. The third-order valence-corrected chi connectivity index (χ3v) is 4.54. The van der Waals surface area contributed by atoms with E-state index in [-0.39, 0.29) is 5.82 Å². The van der Waals surface area contributed by atoms with Crippen molar-refractivity contribution in [2.24, 2.45) is 0 Å². The van der Waals surface area contributed by atoms with Crippen molar-refractivity contribution in [1.29, 1.82) is 0 Å². The molecular weight excluding hydrogens is 309 g/mol. The summed E-state index contributed by atoms with van der Waals surface area (Å²) in [6.45, 7) is 2.50. The average molecular weight is 329 g/mol. The molecule has 1 aliphatic heterocycles. The van der Waals surface area contributed by atoms with Crippen LogP contribution in [0.15, 0.2) is 48.5 Å². The van der Waals surface area contributed by atoms with Crippen LogP contribution in [0.5, 0.6) is 5.75 Å². The number of piperidine rings is 1. The Balaban J connectivity index is 1.64. The van der Waals surface area contributed by atoms with Crippen molar-refractivity contribution in [3.8, 4) is 5.75 Å². The highest BCUT2D eigenvalue weighted by atomic mass is 32.1. The summed E-state index contributed by atoms with van der Waals surface area (Å²) in [6, 6.07) is 14.3. The van der Waals surface area contributed by atoms with Gasteiger partial charge in [0, 0.05) is 18.7 Å². The quantitative estimate of drug-likeness (QED) is 0.763. The predicted molar refractivity (Wildman–Crippen MR) is 94.3 cm³/mol. The zero-order valence-corrected chi connectivity index (χ0v) is 13.8. The molecule has 0 N–H and O–H groups in total. The van der Waals surface area contributed by atoms with Crippen LogP contribution in [0.4, 0.5) is 4.39 Å². The maximum absolute atomic E-state index is 12.9. The summed E-state index contributed by atoms with van der Waals surface area (Å²) in [5.41, 5.74) is 1.97. The minimum Gasteiger partial charge on any atom is -0.489 e. The number of likely N-dealkylation sites (tertiary alicyclic amines) is 1. The smallest absolute Gasteiger partial charge is 0.123 e. The molecule has 1 aliphatic rings. The normalized spacial score (nSPS) is 14.6. The maximum atomic E-state index is 12.9. The fraction of sp³-hybridized carbons (Fsp3) is 0.316. The van der Waals surface area contributed by atoms with Crippen LogP contribution in [0.3, 0.4) is 0 Å². The number of hydrogen-bond acceptors (Lipinski definition) is 2. The van der Waals surface area contributed by atoms with Gasteiger partial charge in [-0.15, -0.1) is 0 Å². The fourth-order valence-corrected chi connectivity index (χ4v) is 3.06. The number of hydrogen-bond donors (Lipinski definition) is 0. The lowest BCUT2D eigenvalue weighted by atomic mass is 10.1. The van der Waals surface area contributed by atoms with E-state index in [0.717, 1.165) is 35.0 Å². The van der Waals surface area contributed by atoms with Crippen molar-refractivity contribution in [3.05, 3.63) is 65.5 Å². The van der Waals surface area contributed by atoms with Gasteiger partial charge in [0.2, 0.25) is 0 Å². The summed E-state index contributed by atoms with van der Waals surface area (Å²) in [6.07, 6.45) is 3.71. The van der Waals surface area contributed by atoms with Crippen LogP contribution in [-0.2, 0) is 6.61 Å². The second kappa shape index (κ2) is 7.55. The van der Waals surface area contributed by atoms with E-state index in [0.29, 0.717) is 6.61 Å². The standard InChI is InChI=1S/C19H20FNOS/c20-17-9-7-15(8-10-17)14-22-18-6-4-5-16(13-18)19(23)21-11-2-1-3-12-21/h4-10,13H,1-3,11-12,14H2. The van der Waals surface area contributed by atoms with E-state index in [1.54, 1.807) is 12.1 Å². The van der Waals surface area contributed by atoms with E-state index in [1.165, 1.54) is 31.4 Å². The van der Waals surface area contributed by atoms with Gasteiger partial charge in [0.05, 0.1) is 0 Å². The van der Waals surface area contributed by atoms with Gasteiger partial charge < -0.3 is 9.64 Å². The van der Waals surface area contributed by atoms with Crippen LogP contribution in [0.2, 0.25) is 0 Å². The molecule has 0 amide bonds. The summed E-state index contributed by atoms with van der Waals surface area (Å²) in [5.74, 6) is 0.550. The van der Waals surface area contributed by atoms with E-state index < -0.39 is 0 Å².